The predicted molar refractivity (Wildman–Crippen MR) is 119 cm³/mol. The quantitative estimate of drug-likeness (QED) is 0.604. The maximum atomic E-state index is 12.6. The number of carbonyl (C=O) groups excluding carboxylic acids is 1. The molecule has 32 heavy (non-hydrogen) atoms. The number of ether oxygens (including phenoxy) is 3. The van der Waals surface area contributed by atoms with Gasteiger partial charge in [0.15, 0.2) is 17.3 Å². The van der Waals surface area contributed by atoms with Crippen molar-refractivity contribution in [2.24, 2.45) is 5.92 Å². The second-order valence-corrected chi connectivity index (χ2v) is 8.11. The van der Waals surface area contributed by atoms with E-state index in [1.165, 1.54) is 7.11 Å². The molecule has 0 unspecified atom stereocenters. The van der Waals surface area contributed by atoms with Gasteiger partial charge in [-0.1, -0.05) is 19.9 Å². The molecule has 3 aromatic rings. The molecule has 1 aliphatic rings. The SMILES string of the molecule is COc1ccc(-n2nc(C)c3c2NC(=O)C[C@@H]3c2ccc(OCC(C)C)c(OC)c2)nn1. The molecule has 0 saturated heterocycles. The number of rotatable bonds is 7. The highest BCUT2D eigenvalue weighted by atomic mass is 16.5. The third-order valence-electron chi connectivity index (χ3n) is 5.32. The summed E-state index contributed by atoms with van der Waals surface area (Å²) in [6.45, 7) is 6.71. The molecular formula is C23H27N5O4. The summed E-state index contributed by atoms with van der Waals surface area (Å²) >= 11 is 0. The number of nitrogens with one attached hydrogen (secondary N) is 1. The van der Waals surface area contributed by atoms with Crippen LogP contribution in [0.1, 0.15) is 43.0 Å². The fourth-order valence-electron chi connectivity index (χ4n) is 3.81. The van der Waals surface area contributed by atoms with Crippen LogP contribution in [0.2, 0.25) is 0 Å². The number of nitrogens with zero attached hydrogens (tertiary/aromatic N) is 4. The van der Waals surface area contributed by atoms with Crippen molar-refractivity contribution in [1.82, 2.24) is 20.0 Å². The molecule has 1 N–H and O–H groups in total. The summed E-state index contributed by atoms with van der Waals surface area (Å²) in [5.74, 6) is 2.95. The fraction of sp³-hybridized carbons (Fsp3) is 0.391. The second kappa shape index (κ2) is 8.86. The third-order valence-corrected chi connectivity index (χ3v) is 5.32. The molecule has 4 rings (SSSR count). The van der Waals surface area contributed by atoms with Crippen LogP contribution in [-0.2, 0) is 4.79 Å². The van der Waals surface area contributed by atoms with Crippen LogP contribution >= 0.6 is 0 Å². The van der Waals surface area contributed by atoms with Crippen LogP contribution in [0.4, 0.5) is 5.82 Å². The number of aromatic nitrogens is 4. The van der Waals surface area contributed by atoms with E-state index < -0.39 is 0 Å². The molecule has 0 spiro atoms. The Kier molecular flexibility index (Phi) is 5.98. The van der Waals surface area contributed by atoms with Crippen molar-refractivity contribution in [3.8, 4) is 23.2 Å². The highest BCUT2D eigenvalue weighted by Gasteiger charge is 2.33. The lowest BCUT2D eigenvalue weighted by Crippen LogP contribution is -2.25. The van der Waals surface area contributed by atoms with Crippen LogP contribution in [-0.4, -0.2) is 46.7 Å². The first-order chi connectivity index (χ1) is 15.4. The van der Waals surface area contributed by atoms with Crippen LogP contribution in [0.15, 0.2) is 30.3 Å². The van der Waals surface area contributed by atoms with Gasteiger partial charge >= 0.3 is 0 Å². The van der Waals surface area contributed by atoms with Gasteiger partial charge < -0.3 is 19.5 Å². The van der Waals surface area contributed by atoms with Gasteiger partial charge in [-0.3, -0.25) is 4.79 Å². The average Bonchev–Trinajstić information content (AvgIpc) is 3.13. The van der Waals surface area contributed by atoms with E-state index in [2.05, 4.69) is 34.5 Å². The molecule has 0 saturated carbocycles. The van der Waals surface area contributed by atoms with Crippen molar-refractivity contribution in [2.45, 2.75) is 33.1 Å². The first-order valence-electron chi connectivity index (χ1n) is 10.5. The molecule has 2 aromatic heterocycles. The van der Waals surface area contributed by atoms with Crippen molar-refractivity contribution in [3.05, 3.63) is 47.2 Å². The zero-order valence-corrected chi connectivity index (χ0v) is 18.9. The molecular weight excluding hydrogens is 410 g/mol. The molecule has 0 bridgehead atoms. The van der Waals surface area contributed by atoms with E-state index in [-0.39, 0.29) is 11.8 Å². The molecule has 9 nitrogen and oxygen atoms in total. The van der Waals surface area contributed by atoms with Crippen LogP contribution < -0.4 is 19.5 Å². The zero-order chi connectivity index (χ0) is 22.8. The van der Waals surface area contributed by atoms with Crippen LogP contribution in [0, 0.1) is 12.8 Å². The number of hydrogen-bond donors (Lipinski definition) is 1. The van der Waals surface area contributed by atoms with Crippen LogP contribution in [0.5, 0.6) is 17.4 Å². The second-order valence-electron chi connectivity index (χ2n) is 8.11. The van der Waals surface area contributed by atoms with E-state index in [1.54, 1.807) is 23.9 Å². The maximum absolute atomic E-state index is 12.6. The summed E-state index contributed by atoms with van der Waals surface area (Å²) in [5.41, 5.74) is 2.71. The lowest BCUT2D eigenvalue weighted by Gasteiger charge is -2.25. The monoisotopic (exact) mass is 437 g/mol. The molecule has 0 fully saturated rings. The highest BCUT2D eigenvalue weighted by molar-refractivity contribution is 5.95. The van der Waals surface area contributed by atoms with E-state index in [4.69, 9.17) is 14.2 Å². The van der Waals surface area contributed by atoms with Gasteiger partial charge in [0.1, 0.15) is 5.82 Å². The van der Waals surface area contributed by atoms with Gasteiger partial charge in [0.05, 0.1) is 26.5 Å². The van der Waals surface area contributed by atoms with Crippen molar-refractivity contribution >= 4 is 11.7 Å². The van der Waals surface area contributed by atoms with Gasteiger partial charge in [0.2, 0.25) is 11.8 Å². The Morgan fingerprint density at radius 1 is 1.12 bits per heavy atom. The summed E-state index contributed by atoms with van der Waals surface area (Å²) < 4.78 is 18.1. The molecule has 168 valence electrons. The molecule has 1 aliphatic heterocycles. The largest absolute Gasteiger partial charge is 0.493 e. The highest BCUT2D eigenvalue weighted by Crippen LogP contribution is 2.42. The molecule has 1 aromatic carbocycles. The molecule has 3 heterocycles. The Labute approximate surface area is 186 Å². The maximum Gasteiger partial charge on any atom is 0.233 e. The molecule has 1 atom stereocenters. The standard InChI is InChI=1S/C23H27N5O4/c1-13(2)12-32-17-7-6-15(10-18(17)30-4)16-11-20(29)24-23-22(16)14(3)27-28(23)19-8-9-21(31-5)26-25-19/h6-10,13,16H,11-12H2,1-5H3,(H,24,29)/t16-/m1/s1. The van der Waals surface area contributed by atoms with Crippen molar-refractivity contribution in [1.29, 1.82) is 0 Å². The normalized spacial score (nSPS) is 15.3. The molecule has 9 heteroatoms. The van der Waals surface area contributed by atoms with Gasteiger partial charge in [-0.05, 0) is 36.6 Å². The number of amides is 1. The van der Waals surface area contributed by atoms with Gasteiger partial charge in [-0.25, -0.2) is 0 Å². The molecule has 1 amide bonds. The summed E-state index contributed by atoms with van der Waals surface area (Å²) in [7, 11) is 3.15. The third kappa shape index (κ3) is 4.10. The van der Waals surface area contributed by atoms with E-state index in [0.717, 1.165) is 16.8 Å². The summed E-state index contributed by atoms with van der Waals surface area (Å²) in [5, 5.41) is 15.8. The molecule has 0 radical (unpaired) electrons. The Bertz CT molecular complexity index is 1120. The zero-order valence-electron chi connectivity index (χ0n) is 18.9. The first kappa shape index (κ1) is 21.6. The van der Waals surface area contributed by atoms with Gasteiger partial charge in [-0.2, -0.15) is 9.78 Å². The Morgan fingerprint density at radius 3 is 2.59 bits per heavy atom. The van der Waals surface area contributed by atoms with Crippen LogP contribution in [0.3, 0.4) is 0 Å². The number of anilines is 1. The van der Waals surface area contributed by atoms with Crippen molar-refractivity contribution in [3.63, 3.8) is 0 Å². The average molecular weight is 438 g/mol. The lowest BCUT2D eigenvalue weighted by molar-refractivity contribution is -0.116. The number of aryl methyl sites for hydroxylation is 1. The Hall–Kier alpha value is -3.62. The minimum atomic E-state index is -0.174. The Balaban J connectivity index is 1.74. The summed E-state index contributed by atoms with van der Waals surface area (Å²) in [4.78, 5) is 12.6. The lowest BCUT2D eigenvalue weighted by atomic mass is 9.85. The van der Waals surface area contributed by atoms with Crippen LogP contribution in [0.25, 0.3) is 5.82 Å². The predicted octanol–water partition coefficient (Wildman–Crippen LogP) is 3.50. The van der Waals surface area contributed by atoms with Crippen molar-refractivity contribution < 1.29 is 19.0 Å². The van der Waals surface area contributed by atoms with Crippen molar-refractivity contribution in [2.75, 3.05) is 26.1 Å². The van der Waals surface area contributed by atoms with E-state index >= 15 is 0 Å². The first-order valence-corrected chi connectivity index (χ1v) is 10.5. The molecule has 0 aliphatic carbocycles. The number of fused-ring (bicyclic) bond motifs is 1. The van der Waals surface area contributed by atoms with Gasteiger partial charge in [-0.15, -0.1) is 10.2 Å². The number of carbonyl (C=O) groups is 1. The topological polar surface area (TPSA) is 100 Å². The number of benzene rings is 1. The minimum Gasteiger partial charge on any atom is -0.493 e. The van der Waals surface area contributed by atoms with E-state index in [1.807, 2.05) is 25.1 Å². The Morgan fingerprint density at radius 2 is 1.94 bits per heavy atom. The van der Waals surface area contributed by atoms with Gasteiger partial charge in [0, 0.05) is 24.0 Å². The summed E-state index contributed by atoms with van der Waals surface area (Å²) in [6, 6.07) is 9.27. The van der Waals surface area contributed by atoms with E-state index in [0.29, 0.717) is 48.0 Å². The summed E-state index contributed by atoms with van der Waals surface area (Å²) in [6.07, 6.45) is 0.309. The number of hydrogen-bond acceptors (Lipinski definition) is 7. The smallest absolute Gasteiger partial charge is 0.233 e. The van der Waals surface area contributed by atoms with E-state index in [9.17, 15) is 4.79 Å². The number of methoxy groups -OCH3 is 2. The van der Waals surface area contributed by atoms with Gasteiger partial charge in [0.25, 0.3) is 0 Å². The minimum absolute atomic E-state index is 0.0933. The fourth-order valence-corrected chi connectivity index (χ4v) is 3.81.